The maximum atomic E-state index is 12.4. The third-order valence-corrected chi connectivity index (χ3v) is 3.96. The van der Waals surface area contributed by atoms with Crippen LogP contribution in [0.1, 0.15) is 22.8 Å². The van der Waals surface area contributed by atoms with E-state index in [9.17, 15) is 14.7 Å². The van der Waals surface area contributed by atoms with E-state index in [1.54, 1.807) is 36.5 Å². The van der Waals surface area contributed by atoms with Crippen LogP contribution in [0.5, 0.6) is 0 Å². The van der Waals surface area contributed by atoms with Crippen LogP contribution in [0.25, 0.3) is 10.9 Å². The van der Waals surface area contributed by atoms with Crippen LogP contribution in [0.15, 0.2) is 60.8 Å². The van der Waals surface area contributed by atoms with E-state index in [1.807, 2.05) is 24.3 Å². The van der Waals surface area contributed by atoms with E-state index in [-0.39, 0.29) is 0 Å². The number of fused-ring (bicyclic) bond motifs is 1. The number of aromatic nitrogens is 1. The number of aromatic amines is 1. The minimum Gasteiger partial charge on any atom is -0.479 e. The van der Waals surface area contributed by atoms with Gasteiger partial charge >= 0.3 is 5.97 Å². The highest BCUT2D eigenvalue weighted by Gasteiger charge is 2.39. The number of carboxylic acid groups (broad SMARTS) is 1. The maximum absolute atomic E-state index is 12.4. The Bertz CT molecular complexity index is 870. The molecule has 0 saturated carbocycles. The molecule has 5 nitrogen and oxygen atoms in total. The number of amides is 1. The molecule has 1 amide bonds. The number of carbonyl (C=O) groups excluding carboxylic acids is 1. The quantitative estimate of drug-likeness (QED) is 0.693. The number of hydrogen-bond donors (Lipinski definition) is 3. The average Bonchev–Trinajstić information content (AvgIpc) is 3.00. The Balaban J connectivity index is 2.03. The van der Waals surface area contributed by atoms with Crippen molar-refractivity contribution in [1.82, 2.24) is 10.3 Å². The van der Waals surface area contributed by atoms with Crippen molar-refractivity contribution in [2.45, 2.75) is 12.5 Å². The fraction of sp³-hybridized carbons (Fsp3) is 0.111. The molecule has 1 atom stereocenters. The molecule has 0 fully saturated rings. The van der Waals surface area contributed by atoms with E-state index < -0.39 is 17.4 Å². The molecule has 5 heteroatoms. The number of rotatable bonds is 4. The topological polar surface area (TPSA) is 82.2 Å². The molecule has 0 aliphatic heterocycles. The molecule has 0 radical (unpaired) electrons. The van der Waals surface area contributed by atoms with Gasteiger partial charge in [-0.05, 0) is 25.1 Å². The molecule has 0 spiro atoms. The molecule has 0 bridgehead atoms. The summed E-state index contributed by atoms with van der Waals surface area (Å²) in [6.07, 6.45) is 1.63. The number of carbonyl (C=O) groups is 2. The molecule has 1 unspecified atom stereocenters. The van der Waals surface area contributed by atoms with E-state index in [0.29, 0.717) is 11.1 Å². The van der Waals surface area contributed by atoms with Crippen LogP contribution in [-0.2, 0) is 10.3 Å². The summed E-state index contributed by atoms with van der Waals surface area (Å²) in [6.45, 7) is 1.49. The lowest BCUT2D eigenvalue weighted by molar-refractivity contribution is -0.144. The molecular weight excluding hydrogens is 292 g/mol. The first-order valence-corrected chi connectivity index (χ1v) is 7.20. The van der Waals surface area contributed by atoms with Gasteiger partial charge in [0, 0.05) is 28.2 Å². The standard InChI is InChI=1S/C18H16N2O3/c1-18(17(22)23,20-16(21)12-7-3-2-4-8-12)14-11-19-15-10-6-5-9-13(14)15/h2-11,19H,1H3,(H,20,21)(H,22,23). The van der Waals surface area contributed by atoms with Crippen LogP contribution in [0.3, 0.4) is 0 Å². The molecule has 116 valence electrons. The van der Waals surface area contributed by atoms with Crippen LogP contribution in [0.4, 0.5) is 0 Å². The van der Waals surface area contributed by atoms with Gasteiger partial charge in [0.1, 0.15) is 0 Å². The van der Waals surface area contributed by atoms with Gasteiger partial charge in [0.15, 0.2) is 5.54 Å². The van der Waals surface area contributed by atoms with E-state index in [1.165, 1.54) is 6.92 Å². The molecule has 0 aliphatic carbocycles. The Morgan fingerprint density at radius 3 is 2.39 bits per heavy atom. The molecule has 23 heavy (non-hydrogen) atoms. The van der Waals surface area contributed by atoms with Crippen molar-refractivity contribution in [3.8, 4) is 0 Å². The highest BCUT2D eigenvalue weighted by Crippen LogP contribution is 2.29. The van der Waals surface area contributed by atoms with E-state index >= 15 is 0 Å². The second-order valence-electron chi connectivity index (χ2n) is 5.50. The van der Waals surface area contributed by atoms with Gasteiger partial charge in [-0.3, -0.25) is 4.79 Å². The summed E-state index contributed by atoms with van der Waals surface area (Å²) in [5, 5.41) is 13.1. The molecule has 1 aromatic heterocycles. The Kier molecular flexibility index (Phi) is 3.62. The van der Waals surface area contributed by atoms with Gasteiger partial charge in [-0.1, -0.05) is 36.4 Å². The predicted molar refractivity (Wildman–Crippen MR) is 87.2 cm³/mol. The van der Waals surface area contributed by atoms with Crippen LogP contribution >= 0.6 is 0 Å². The fourth-order valence-corrected chi connectivity index (χ4v) is 2.61. The largest absolute Gasteiger partial charge is 0.479 e. The van der Waals surface area contributed by atoms with Gasteiger partial charge < -0.3 is 15.4 Å². The Morgan fingerprint density at radius 1 is 1.04 bits per heavy atom. The summed E-state index contributed by atoms with van der Waals surface area (Å²) >= 11 is 0. The van der Waals surface area contributed by atoms with Crippen molar-refractivity contribution < 1.29 is 14.7 Å². The van der Waals surface area contributed by atoms with Crippen LogP contribution in [-0.4, -0.2) is 22.0 Å². The maximum Gasteiger partial charge on any atom is 0.333 e. The van der Waals surface area contributed by atoms with Crippen LogP contribution in [0.2, 0.25) is 0 Å². The lowest BCUT2D eigenvalue weighted by Gasteiger charge is -2.26. The zero-order valence-corrected chi connectivity index (χ0v) is 12.5. The molecule has 0 aliphatic rings. The Labute approximate surface area is 133 Å². The lowest BCUT2D eigenvalue weighted by atomic mass is 9.91. The minimum atomic E-state index is -1.54. The lowest BCUT2D eigenvalue weighted by Crippen LogP contribution is -2.49. The smallest absolute Gasteiger partial charge is 0.333 e. The first-order valence-electron chi connectivity index (χ1n) is 7.20. The number of benzene rings is 2. The van der Waals surface area contributed by atoms with Gasteiger partial charge in [-0.15, -0.1) is 0 Å². The van der Waals surface area contributed by atoms with Gasteiger partial charge in [0.2, 0.25) is 0 Å². The third-order valence-electron chi connectivity index (χ3n) is 3.96. The molecule has 1 heterocycles. The van der Waals surface area contributed by atoms with Crippen molar-refractivity contribution in [2.75, 3.05) is 0 Å². The summed E-state index contributed by atoms with van der Waals surface area (Å²) in [7, 11) is 0. The number of carboxylic acids is 1. The van der Waals surface area contributed by atoms with Crippen molar-refractivity contribution in [3.05, 3.63) is 71.9 Å². The molecule has 3 N–H and O–H groups in total. The van der Waals surface area contributed by atoms with Crippen molar-refractivity contribution in [2.24, 2.45) is 0 Å². The zero-order chi connectivity index (χ0) is 16.4. The molecule has 3 rings (SSSR count). The highest BCUT2D eigenvalue weighted by atomic mass is 16.4. The highest BCUT2D eigenvalue weighted by molar-refractivity contribution is 6.00. The Morgan fingerprint density at radius 2 is 1.70 bits per heavy atom. The normalized spacial score (nSPS) is 13.4. The Hall–Kier alpha value is -3.08. The SMILES string of the molecule is CC(NC(=O)c1ccccc1)(C(=O)O)c1c[nH]c2ccccc12. The zero-order valence-electron chi connectivity index (χ0n) is 12.5. The fourth-order valence-electron chi connectivity index (χ4n) is 2.61. The number of aliphatic carboxylic acids is 1. The van der Waals surface area contributed by atoms with E-state index in [0.717, 1.165) is 10.9 Å². The molecule has 0 saturated heterocycles. The number of nitrogens with one attached hydrogen (secondary N) is 2. The van der Waals surface area contributed by atoms with Gasteiger partial charge in [0.05, 0.1) is 0 Å². The second kappa shape index (κ2) is 5.61. The van der Waals surface area contributed by atoms with Gasteiger partial charge in [-0.25, -0.2) is 4.79 Å². The number of para-hydroxylation sites is 1. The summed E-state index contributed by atoms with van der Waals surface area (Å²) < 4.78 is 0. The average molecular weight is 308 g/mol. The van der Waals surface area contributed by atoms with Crippen LogP contribution in [0, 0.1) is 0 Å². The second-order valence-corrected chi connectivity index (χ2v) is 5.50. The van der Waals surface area contributed by atoms with Crippen molar-refractivity contribution in [1.29, 1.82) is 0 Å². The third kappa shape index (κ3) is 2.57. The van der Waals surface area contributed by atoms with Crippen LogP contribution < -0.4 is 5.32 Å². The summed E-state index contributed by atoms with van der Waals surface area (Å²) in [5.74, 6) is -1.55. The predicted octanol–water partition coefficient (Wildman–Crippen LogP) is 2.90. The number of H-pyrrole nitrogens is 1. The van der Waals surface area contributed by atoms with Gasteiger partial charge in [0.25, 0.3) is 5.91 Å². The van der Waals surface area contributed by atoms with Gasteiger partial charge in [-0.2, -0.15) is 0 Å². The van der Waals surface area contributed by atoms with Crippen molar-refractivity contribution in [3.63, 3.8) is 0 Å². The van der Waals surface area contributed by atoms with E-state index in [2.05, 4.69) is 10.3 Å². The summed E-state index contributed by atoms with van der Waals surface area (Å²) in [6, 6.07) is 15.9. The van der Waals surface area contributed by atoms with Crippen molar-refractivity contribution >= 4 is 22.8 Å². The summed E-state index contributed by atoms with van der Waals surface area (Å²) in [4.78, 5) is 27.4. The minimum absolute atomic E-state index is 0.416. The monoisotopic (exact) mass is 308 g/mol. The first kappa shape index (κ1) is 14.8. The molecular formula is C18H16N2O3. The van der Waals surface area contributed by atoms with E-state index in [4.69, 9.17) is 0 Å². The first-order chi connectivity index (χ1) is 11.0. The number of hydrogen-bond acceptors (Lipinski definition) is 2. The molecule has 2 aromatic carbocycles. The summed E-state index contributed by atoms with van der Waals surface area (Å²) in [5.41, 5.74) is 0.223. The molecule has 3 aromatic rings.